The zero-order valence-corrected chi connectivity index (χ0v) is 17.8. The molecule has 0 saturated carbocycles. The van der Waals surface area contributed by atoms with E-state index in [9.17, 15) is 0 Å². The Labute approximate surface area is 193 Å². The molecule has 4 radical (unpaired) electrons. The van der Waals surface area contributed by atoms with Gasteiger partial charge < -0.3 is 4.98 Å². The normalized spacial score (nSPS) is 11.9. The molecule has 2 nitrogen and oxygen atoms in total. The number of hydrogen-bond acceptors (Lipinski definition) is 1. The Hall–Kier alpha value is -4.04. The van der Waals surface area contributed by atoms with Gasteiger partial charge in [0, 0.05) is 16.3 Å². The van der Waals surface area contributed by atoms with Crippen molar-refractivity contribution in [2.45, 2.75) is 0 Å². The number of H-pyrrole nitrogens is 1. The molecule has 0 atom stereocenters. The van der Waals surface area contributed by atoms with E-state index in [0.717, 1.165) is 54.9 Å². The molecule has 7 aromatic rings. The van der Waals surface area contributed by atoms with Crippen molar-refractivity contribution in [3.05, 3.63) is 91.0 Å². The van der Waals surface area contributed by atoms with Gasteiger partial charge in [-0.1, -0.05) is 95.9 Å². The highest BCUT2D eigenvalue weighted by molar-refractivity contribution is 6.37. The summed E-state index contributed by atoms with van der Waals surface area (Å²) in [6, 6.07) is 31.3. The summed E-state index contributed by atoms with van der Waals surface area (Å²) in [6.45, 7) is 0. The fraction of sp³-hybridized carbons (Fsp3) is 0. The van der Waals surface area contributed by atoms with Gasteiger partial charge in [0.05, 0.1) is 11.0 Å². The van der Waals surface area contributed by atoms with Crippen molar-refractivity contribution in [2.24, 2.45) is 0 Å². The van der Waals surface area contributed by atoms with Crippen molar-refractivity contribution in [3.63, 3.8) is 0 Å². The minimum Gasteiger partial charge on any atom is -0.337 e. The fourth-order valence-corrected chi connectivity index (χ4v) is 5.15. The van der Waals surface area contributed by atoms with Gasteiger partial charge in [0.2, 0.25) is 0 Å². The zero-order chi connectivity index (χ0) is 22.1. The van der Waals surface area contributed by atoms with E-state index in [-0.39, 0.29) is 0 Å². The SMILES string of the molecule is [B]c1ccc2c3ccc([B])cc3c3[nH]c(-c4c5ccccc5cc5ccccc45)nc3c2c1. The lowest BCUT2D eigenvalue weighted by molar-refractivity contribution is 1.36. The van der Waals surface area contributed by atoms with Crippen LogP contribution in [0.3, 0.4) is 0 Å². The van der Waals surface area contributed by atoms with Crippen LogP contribution in [0.15, 0.2) is 91.0 Å². The number of imidazole rings is 1. The number of rotatable bonds is 1. The van der Waals surface area contributed by atoms with Crippen LogP contribution >= 0.6 is 0 Å². The molecule has 7 rings (SSSR count). The van der Waals surface area contributed by atoms with Crippen molar-refractivity contribution in [1.29, 1.82) is 0 Å². The summed E-state index contributed by atoms with van der Waals surface area (Å²) in [7, 11) is 12.4. The second-order valence-electron chi connectivity index (χ2n) is 8.61. The molecule has 148 valence electrons. The second-order valence-corrected chi connectivity index (χ2v) is 8.61. The van der Waals surface area contributed by atoms with Crippen LogP contribution in [0.2, 0.25) is 0 Å². The highest BCUT2D eigenvalue weighted by Crippen LogP contribution is 2.39. The van der Waals surface area contributed by atoms with Crippen LogP contribution in [0, 0.1) is 0 Å². The minimum absolute atomic E-state index is 0.721. The molecule has 0 spiro atoms. The fourth-order valence-electron chi connectivity index (χ4n) is 5.15. The van der Waals surface area contributed by atoms with Gasteiger partial charge in [-0.2, -0.15) is 0 Å². The lowest BCUT2D eigenvalue weighted by Gasteiger charge is -2.09. The first-order valence-electron chi connectivity index (χ1n) is 11.0. The lowest BCUT2D eigenvalue weighted by Crippen LogP contribution is -2.02. The first-order valence-corrected chi connectivity index (χ1v) is 11.0. The maximum Gasteiger partial charge on any atom is 0.139 e. The zero-order valence-electron chi connectivity index (χ0n) is 17.8. The van der Waals surface area contributed by atoms with Gasteiger partial charge >= 0.3 is 0 Å². The molecule has 33 heavy (non-hydrogen) atoms. The van der Waals surface area contributed by atoms with Crippen LogP contribution in [0.4, 0.5) is 0 Å². The third-order valence-electron chi connectivity index (χ3n) is 6.61. The van der Waals surface area contributed by atoms with Gasteiger partial charge in [0.1, 0.15) is 21.5 Å². The summed E-state index contributed by atoms with van der Waals surface area (Å²) >= 11 is 0. The quantitative estimate of drug-likeness (QED) is 0.217. The number of benzene rings is 6. The van der Waals surface area contributed by atoms with Gasteiger partial charge in [0.25, 0.3) is 0 Å². The molecule has 0 fully saturated rings. The monoisotopic (exact) mass is 414 g/mol. The van der Waals surface area contributed by atoms with Crippen LogP contribution in [-0.2, 0) is 0 Å². The molecule has 1 N–H and O–H groups in total. The van der Waals surface area contributed by atoms with Crippen molar-refractivity contribution < 1.29 is 0 Å². The average molecular weight is 414 g/mol. The van der Waals surface area contributed by atoms with Crippen LogP contribution in [0.25, 0.3) is 65.5 Å². The highest BCUT2D eigenvalue weighted by Gasteiger charge is 2.17. The molecule has 0 amide bonds. The Balaban J connectivity index is 1.70. The van der Waals surface area contributed by atoms with E-state index in [1.54, 1.807) is 0 Å². The van der Waals surface area contributed by atoms with E-state index in [1.807, 2.05) is 24.3 Å². The van der Waals surface area contributed by atoms with Crippen molar-refractivity contribution in [3.8, 4) is 11.4 Å². The molecule has 0 unspecified atom stereocenters. The van der Waals surface area contributed by atoms with E-state index in [2.05, 4.69) is 71.7 Å². The maximum atomic E-state index is 6.20. The number of aromatic nitrogens is 2. The average Bonchev–Trinajstić information content (AvgIpc) is 3.28. The standard InChI is InChI=1S/C29H16B2N2/c30-18-9-11-22-23-12-10-19(31)15-25(23)28-27(24(22)14-18)32-29(33-28)26-20-7-3-1-5-16(20)13-17-6-2-4-8-21(17)26/h1-15H,(H,32,33). The lowest BCUT2D eigenvalue weighted by atomic mass is 9.88. The Morgan fingerprint density at radius 1 is 0.545 bits per heavy atom. The van der Waals surface area contributed by atoms with Crippen molar-refractivity contribution in [2.75, 3.05) is 0 Å². The summed E-state index contributed by atoms with van der Waals surface area (Å²) in [5.41, 5.74) is 4.43. The molecule has 1 aromatic heterocycles. The third-order valence-corrected chi connectivity index (χ3v) is 6.61. The predicted octanol–water partition coefficient (Wildman–Crippen LogP) is 5.43. The Kier molecular flexibility index (Phi) is 3.78. The maximum absolute atomic E-state index is 6.20. The molecular weight excluding hydrogens is 398 g/mol. The number of aromatic amines is 1. The first kappa shape index (κ1) is 18.5. The molecule has 4 heteroatoms. The summed E-state index contributed by atoms with van der Waals surface area (Å²) in [5, 5.41) is 9.06. The summed E-state index contributed by atoms with van der Waals surface area (Å²) < 4.78 is 0. The van der Waals surface area contributed by atoms with Crippen LogP contribution in [-0.4, -0.2) is 25.7 Å². The van der Waals surface area contributed by atoms with Crippen LogP contribution < -0.4 is 10.9 Å². The van der Waals surface area contributed by atoms with E-state index in [4.69, 9.17) is 20.7 Å². The van der Waals surface area contributed by atoms with E-state index < -0.39 is 0 Å². The van der Waals surface area contributed by atoms with E-state index in [1.165, 1.54) is 21.5 Å². The number of hydrogen-bond donors (Lipinski definition) is 1. The first-order chi connectivity index (χ1) is 16.2. The van der Waals surface area contributed by atoms with Crippen LogP contribution in [0.1, 0.15) is 0 Å². The Morgan fingerprint density at radius 3 is 1.79 bits per heavy atom. The van der Waals surface area contributed by atoms with Gasteiger partial charge in [0.15, 0.2) is 0 Å². The summed E-state index contributed by atoms with van der Waals surface area (Å²) in [5.74, 6) is 0.844. The molecular formula is C29H16B2N2. The number of nitrogens with one attached hydrogen (secondary N) is 1. The largest absolute Gasteiger partial charge is 0.337 e. The molecule has 0 saturated heterocycles. The number of nitrogens with zero attached hydrogens (tertiary/aromatic N) is 1. The molecule has 0 bridgehead atoms. The molecule has 0 aliphatic heterocycles. The molecule has 6 aromatic carbocycles. The van der Waals surface area contributed by atoms with E-state index in [0.29, 0.717) is 0 Å². The Morgan fingerprint density at radius 2 is 1.12 bits per heavy atom. The minimum atomic E-state index is 0.721. The van der Waals surface area contributed by atoms with Crippen molar-refractivity contribution in [1.82, 2.24) is 9.97 Å². The van der Waals surface area contributed by atoms with Gasteiger partial charge in [-0.3, -0.25) is 0 Å². The molecule has 0 aliphatic carbocycles. The van der Waals surface area contributed by atoms with Crippen LogP contribution in [0.5, 0.6) is 0 Å². The number of fused-ring (bicyclic) bond motifs is 8. The summed E-state index contributed by atoms with van der Waals surface area (Å²) in [4.78, 5) is 8.85. The second kappa shape index (κ2) is 6.73. The molecule has 1 heterocycles. The van der Waals surface area contributed by atoms with Gasteiger partial charge in [-0.25, -0.2) is 4.98 Å². The summed E-state index contributed by atoms with van der Waals surface area (Å²) in [6.07, 6.45) is 0. The molecule has 0 aliphatic rings. The predicted molar refractivity (Wildman–Crippen MR) is 142 cm³/mol. The highest BCUT2D eigenvalue weighted by atomic mass is 14.9. The van der Waals surface area contributed by atoms with Crippen molar-refractivity contribution >= 4 is 80.7 Å². The topological polar surface area (TPSA) is 28.7 Å². The smallest absolute Gasteiger partial charge is 0.139 e. The Bertz CT molecular complexity index is 1770. The van der Waals surface area contributed by atoms with E-state index >= 15 is 0 Å². The third kappa shape index (κ3) is 2.67. The van der Waals surface area contributed by atoms with Gasteiger partial charge in [-0.15, -0.1) is 0 Å². The van der Waals surface area contributed by atoms with Gasteiger partial charge in [-0.05, 0) is 38.4 Å².